The molecular weight excluding hydrogens is 348 g/mol. The monoisotopic (exact) mass is 358 g/mol. The van der Waals surface area contributed by atoms with Gasteiger partial charge < -0.3 is 4.74 Å². The van der Waals surface area contributed by atoms with Crippen LogP contribution in [0.4, 0.5) is 0 Å². The third kappa shape index (κ3) is 2.61. The number of methoxy groups -OCH3 is 1. The van der Waals surface area contributed by atoms with E-state index in [9.17, 15) is 0 Å². The quantitative estimate of drug-likeness (QED) is 0.437. The predicted octanol–water partition coefficient (Wildman–Crippen LogP) is 5.75. The van der Waals surface area contributed by atoms with Crippen molar-refractivity contribution in [3.63, 3.8) is 0 Å². The predicted molar refractivity (Wildman–Crippen MR) is 97.7 cm³/mol. The van der Waals surface area contributed by atoms with E-state index in [1.807, 2.05) is 30.3 Å². The highest BCUT2D eigenvalue weighted by molar-refractivity contribution is 7.18. The lowest BCUT2D eigenvalue weighted by atomic mass is 10.2. The fourth-order valence-corrected chi connectivity index (χ4v) is 4.49. The minimum atomic E-state index is 0.484. The highest BCUT2D eigenvalue weighted by Crippen LogP contribution is 2.39. The number of aromatic nitrogens is 2. The van der Waals surface area contributed by atoms with Crippen molar-refractivity contribution in [1.82, 2.24) is 9.97 Å². The molecule has 23 heavy (non-hydrogen) atoms. The lowest BCUT2D eigenvalue weighted by Crippen LogP contribution is -1.91. The molecule has 4 aromatic rings. The first kappa shape index (κ1) is 14.6. The number of hydrogen-bond donors (Lipinski definition) is 0. The van der Waals surface area contributed by atoms with Crippen LogP contribution in [0.2, 0.25) is 5.15 Å². The van der Waals surface area contributed by atoms with Crippen molar-refractivity contribution in [2.75, 3.05) is 7.11 Å². The van der Waals surface area contributed by atoms with Gasteiger partial charge in [0, 0.05) is 21.4 Å². The maximum atomic E-state index is 6.48. The summed E-state index contributed by atoms with van der Waals surface area (Å²) in [6, 6.07) is 11.8. The van der Waals surface area contributed by atoms with Crippen molar-refractivity contribution in [3.05, 3.63) is 52.3 Å². The van der Waals surface area contributed by atoms with Gasteiger partial charge in [-0.2, -0.15) is 0 Å². The molecule has 0 spiro atoms. The molecule has 0 fully saturated rings. The third-order valence-corrected chi connectivity index (χ3v) is 5.55. The smallest absolute Gasteiger partial charge is 0.162 e. The Morgan fingerprint density at radius 3 is 2.78 bits per heavy atom. The zero-order chi connectivity index (χ0) is 15.8. The van der Waals surface area contributed by atoms with Gasteiger partial charge in [0.1, 0.15) is 15.7 Å². The van der Waals surface area contributed by atoms with E-state index in [0.29, 0.717) is 11.0 Å². The average Bonchev–Trinajstić information content (AvgIpc) is 3.24. The number of ether oxygens (including phenoxy) is 1. The number of hydrogen-bond acceptors (Lipinski definition) is 5. The Kier molecular flexibility index (Phi) is 3.77. The molecule has 3 nitrogen and oxygen atoms in total. The highest BCUT2D eigenvalue weighted by atomic mass is 35.5. The molecule has 0 amide bonds. The van der Waals surface area contributed by atoms with E-state index in [-0.39, 0.29) is 0 Å². The molecule has 3 aromatic heterocycles. The van der Waals surface area contributed by atoms with Gasteiger partial charge >= 0.3 is 0 Å². The summed E-state index contributed by atoms with van der Waals surface area (Å²) in [6.45, 7) is 0. The van der Waals surface area contributed by atoms with Gasteiger partial charge in [0.15, 0.2) is 5.82 Å². The number of fused-ring (bicyclic) bond motifs is 1. The van der Waals surface area contributed by atoms with Crippen LogP contribution in [0, 0.1) is 0 Å². The molecule has 3 heterocycles. The maximum Gasteiger partial charge on any atom is 0.162 e. The molecule has 0 aliphatic heterocycles. The third-order valence-electron chi connectivity index (χ3n) is 3.50. The number of halogens is 1. The van der Waals surface area contributed by atoms with Crippen LogP contribution in [0.5, 0.6) is 5.75 Å². The van der Waals surface area contributed by atoms with E-state index in [0.717, 1.165) is 27.1 Å². The van der Waals surface area contributed by atoms with Gasteiger partial charge in [0.2, 0.25) is 0 Å². The second-order valence-electron chi connectivity index (χ2n) is 4.88. The molecule has 0 saturated heterocycles. The molecule has 0 aliphatic carbocycles. The Morgan fingerprint density at radius 1 is 1.09 bits per heavy atom. The van der Waals surface area contributed by atoms with Crippen LogP contribution in [-0.2, 0) is 0 Å². The summed E-state index contributed by atoms with van der Waals surface area (Å²) in [5.74, 6) is 1.38. The molecule has 0 radical (unpaired) electrons. The van der Waals surface area contributed by atoms with Crippen LogP contribution in [-0.4, -0.2) is 17.1 Å². The van der Waals surface area contributed by atoms with E-state index in [4.69, 9.17) is 16.3 Å². The molecule has 0 unspecified atom stereocenters. The van der Waals surface area contributed by atoms with Crippen molar-refractivity contribution in [1.29, 1.82) is 0 Å². The Morgan fingerprint density at radius 2 is 2.00 bits per heavy atom. The van der Waals surface area contributed by atoms with Gasteiger partial charge in [-0.15, -0.1) is 22.7 Å². The first-order chi connectivity index (χ1) is 11.3. The summed E-state index contributed by atoms with van der Waals surface area (Å²) in [6.07, 6.45) is 0. The molecular formula is C17H11ClN2OS2. The van der Waals surface area contributed by atoms with Crippen LogP contribution in [0.15, 0.2) is 47.2 Å². The molecule has 1 aromatic carbocycles. The fraction of sp³-hybridized carbons (Fsp3) is 0.0588. The SMILES string of the molecule is COc1cccc(-c2nc(Cl)c3c(-c4cccs4)csc3n2)c1. The fourth-order valence-electron chi connectivity index (χ4n) is 2.40. The lowest BCUT2D eigenvalue weighted by Gasteiger charge is -2.05. The van der Waals surface area contributed by atoms with Gasteiger partial charge in [-0.3, -0.25) is 0 Å². The van der Waals surface area contributed by atoms with E-state index < -0.39 is 0 Å². The zero-order valence-electron chi connectivity index (χ0n) is 12.1. The summed E-state index contributed by atoms with van der Waals surface area (Å²) in [5.41, 5.74) is 1.99. The summed E-state index contributed by atoms with van der Waals surface area (Å²) in [4.78, 5) is 11.3. The topological polar surface area (TPSA) is 35.0 Å². The molecule has 6 heteroatoms. The highest BCUT2D eigenvalue weighted by Gasteiger charge is 2.15. The van der Waals surface area contributed by atoms with Gasteiger partial charge in [0.05, 0.1) is 12.5 Å². The molecule has 0 saturated carbocycles. The van der Waals surface area contributed by atoms with Gasteiger partial charge in [-0.05, 0) is 23.6 Å². The molecule has 0 N–H and O–H groups in total. The summed E-state index contributed by atoms with van der Waals surface area (Å²) >= 11 is 9.75. The van der Waals surface area contributed by atoms with Crippen molar-refractivity contribution in [2.24, 2.45) is 0 Å². The molecule has 0 aliphatic rings. The normalized spacial score (nSPS) is 11.0. The van der Waals surface area contributed by atoms with Crippen LogP contribution in [0.1, 0.15) is 0 Å². The largest absolute Gasteiger partial charge is 0.497 e. The van der Waals surface area contributed by atoms with Gasteiger partial charge in [0.25, 0.3) is 0 Å². The molecule has 0 atom stereocenters. The second-order valence-corrected chi connectivity index (χ2v) is 7.04. The standard InChI is InChI=1S/C17H11ClN2OS2/c1-21-11-5-2-4-10(8-11)16-19-15(18)14-12(9-23-17(14)20-16)13-6-3-7-22-13/h2-9H,1H3. The van der Waals surface area contributed by atoms with E-state index >= 15 is 0 Å². The Hall–Kier alpha value is -1.95. The summed E-state index contributed by atoms with van der Waals surface area (Å²) in [7, 11) is 1.64. The van der Waals surface area contributed by atoms with Gasteiger partial charge in [-0.25, -0.2) is 9.97 Å². The first-order valence-corrected chi connectivity index (χ1v) is 9.03. The van der Waals surface area contributed by atoms with Crippen molar-refractivity contribution in [3.8, 4) is 27.6 Å². The van der Waals surface area contributed by atoms with E-state index in [2.05, 4.69) is 26.8 Å². The number of nitrogens with zero attached hydrogens (tertiary/aromatic N) is 2. The lowest BCUT2D eigenvalue weighted by molar-refractivity contribution is 0.415. The van der Waals surface area contributed by atoms with E-state index in [1.165, 1.54) is 4.88 Å². The molecule has 4 rings (SSSR count). The number of benzene rings is 1. The van der Waals surface area contributed by atoms with Crippen molar-refractivity contribution in [2.45, 2.75) is 0 Å². The van der Waals surface area contributed by atoms with Crippen molar-refractivity contribution < 1.29 is 4.74 Å². The Balaban J connectivity index is 1.88. The number of rotatable bonds is 3. The Labute approximate surface area is 146 Å². The second kappa shape index (κ2) is 5.92. The van der Waals surface area contributed by atoms with Crippen LogP contribution >= 0.6 is 34.3 Å². The van der Waals surface area contributed by atoms with Crippen LogP contribution in [0.25, 0.3) is 32.0 Å². The zero-order valence-corrected chi connectivity index (χ0v) is 14.5. The minimum Gasteiger partial charge on any atom is -0.497 e. The maximum absolute atomic E-state index is 6.48. The molecule has 0 bridgehead atoms. The molecule has 114 valence electrons. The summed E-state index contributed by atoms with van der Waals surface area (Å²) < 4.78 is 5.26. The van der Waals surface area contributed by atoms with E-state index in [1.54, 1.807) is 29.8 Å². The van der Waals surface area contributed by atoms with Crippen molar-refractivity contribution >= 4 is 44.5 Å². The summed E-state index contributed by atoms with van der Waals surface area (Å²) in [5, 5.41) is 5.55. The van der Waals surface area contributed by atoms with Crippen LogP contribution in [0.3, 0.4) is 0 Å². The van der Waals surface area contributed by atoms with Crippen LogP contribution < -0.4 is 4.74 Å². The first-order valence-electron chi connectivity index (χ1n) is 6.89. The minimum absolute atomic E-state index is 0.484. The van der Waals surface area contributed by atoms with Gasteiger partial charge in [-0.1, -0.05) is 29.8 Å². The number of thiophene rings is 2. The Bertz CT molecular complexity index is 980. The average molecular weight is 359 g/mol.